The molecule has 3 amide bonds. The topological polar surface area (TPSA) is 268 Å². The molecule has 0 aliphatic carbocycles. The second kappa shape index (κ2) is 14.3. The number of fused-ring (bicyclic) bond motifs is 1. The first-order valence-electron chi connectivity index (χ1n) is 12.1. The molecule has 1 aromatic heterocycles. The number of nitrogens with zero attached hydrogens (tertiary/aromatic N) is 1. The van der Waals surface area contributed by atoms with E-state index in [9.17, 15) is 29.1 Å². The molecule has 2 rings (SSSR count). The van der Waals surface area contributed by atoms with Gasteiger partial charge in [0.1, 0.15) is 18.1 Å². The number of carbonyl (C=O) groups is 5. The largest absolute Gasteiger partial charge is 0.481 e. The van der Waals surface area contributed by atoms with Gasteiger partial charge in [0.25, 0.3) is 0 Å². The second-order valence-corrected chi connectivity index (χ2v) is 8.91. The number of benzene rings is 1. The Morgan fingerprint density at radius 3 is 2.26 bits per heavy atom. The highest BCUT2D eigenvalue weighted by Gasteiger charge is 2.30. The van der Waals surface area contributed by atoms with E-state index in [-0.39, 0.29) is 31.8 Å². The number of nitrogens with two attached hydrogens (primary N) is 3. The molecule has 12 N–H and O–H groups in total. The Kier molecular flexibility index (Phi) is 11.2. The van der Waals surface area contributed by atoms with E-state index in [1.807, 2.05) is 24.3 Å². The lowest BCUT2D eigenvalue weighted by molar-refractivity contribution is -0.143. The zero-order valence-electron chi connectivity index (χ0n) is 21.3. The third-order valence-corrected chi connectivity index (χ3v) is 5.77. The number of hydrogen-bond donors (Lipinski definition) is 9. The third-order valence-electron chi connectivity index (χ3n) is 5.77. The summed E-state index contributed by atoms with van der Waals surface area (Å²) in [5, 5.41) is 26.2. The Bertz CT molecular complexity index is 1220. The van der Waals surface area contributed by atoms with Crippen molar-refractivity contribution in [3.05, 3.63) is 36.0 Å². The van der Waals surface area contributed by atoms with Crippen LogP contribution in [0.15, 0.2) is 35.5 Å². The van der Waals surface area contributed by atoms with E-state index in [2.05, 4.69) is 25.9 Å². The molecule has 2 aromatic rings. The SMILES string of the molecule is CC(NC(=O)C(CCCN=C(N)N)NC(=O)C(CC(=O)O)NC(=O)C(N)Cc1c[nH]c2ccccc12)C(=O)O. The Morgan fingerprint density at radius 2 is 1.62 bits per heavy atom. The molecule has 0 fully saturated rings. The van der Waals surface area contributed by atoms with Crippen LogP contribution in [0.25, 0.3) is 10.9 Å². The molecule has 0 aliphatic rings. The summed E-state index contributed by atoms with van der Waals surface area (Å²) in [6.07, 6.45) is 1.26. The van der Waals surface area contributed by atoms with Gasteiger partial charge in [0.05, 0.1) is 12.5 Å². The summed E-state index contributed by atoms with van der Waals surface area (Å²) in [4.78, 5) is 67.9. The van der Waals surface area contributed by atoms with E-state index < -0.39 is 60.2 Å². The molecule has 15 nitrogen and oxygen atoms in total. The van der Waals surface area contributed by atoms with Gasteiger partial charge in [-0.1, -0.05) is 18.2 Å². The van der Waals surface area contributed by atoms with Crippen molar-refractivity contribution in [2.45, 2.75) is 56.8 Å². The van der Waals surface area contributed by atoms with Crippen LogP contribution in [0.5, 0.6) is 0 Å². The smallest absolute Gasteiger partial charge is 0.325 e. The number of aliphatic carboxylic acids is 2. The minimum Gasteiger partial charge on any atom is -0.481 e. The van der Waals surface area contributed by atoms with Crippen LogP contribution in [0.4, 0.5) is 0 Å². The first-order chi connectivity index (χ1) is 18.4. The Hall–Kier alpha value is -4.66. The maximum absolute atomic E-state index is 13.0. The lowest BCUT2D eigenvalue weighted by Gasteiger charge is -2.24. The molecule has 1 aromatic carbocycles. The highest BCUT2D eigenvalue weighted by molar-refractivity contribution is 5.96. The van der Waals surface area contributed by atoms with Gasteiger partial charge >= 0.3 is 11.9 Å². The van der Waals surface area contributed by atoms with Gasteiger partial charge in [-0.25, -0.2) is 0 Å². The number of carbonyl (C=O) groups excluding carboxylic acids is 3. The first kappa shape index (κ1) is 30.6. The highest BCUT2D eigenvalue weighted by Crippen LogP contribution is 2.18. The minimum absolute atomic E-state index is 0.00545. The number of carboxylic acids is 2. The van der Waals surface area contributed by atoms with Gasteiger partial charge in [-0.2, -0.15) is 0 Å². The van der Waals surface area contributed by atoms with Crippen LogP contribution in [0.2, 0.25) is 0 Å². The maximum Gasteiger partial charge on any atom is 0.325 e. The molecule has 4 atom stereocenters. The number of H-pyrrole nitrogens is 1. The van der Waals surface area contributed by atoms with E-state index in [4.69, 9.17) is 22.3 Å². The van der Waals surface area contributed by atoms with Crippen LogP contribution in [-0.2, 0) is 30.4 Å². The summed E-state index contributed by atoms with van der Waals surface area (Å²) in [6.45, 7) is 1.36. The van der Waals surface area contributed by atoms with Crippen molar-refractivity contribution in [2.24, 2.45) is 22.2 Å². The van der Waals surface area contributed by atoms with Crippen molar-refractivity contribution in [2.75, 3.05) is 6.54 Å². The average molecular weight is 547 g/mol. The molecule has 1 heterocycles. The molecular formula is C24H34N8O7. The van der Waals surface area contributed by atoms with Gasteiger partial charge in [0.15, 0.2) is 5.96 Å². The molecule has 39 heavy (non-hydrogen) atoms. The van der Waals surface area contributed by atoms with E-state index in [0.717, 1.165) is 16.5 Å². The Balaban J connectivity index is 2.12. The maximum atomic E-state index is 13.0. The number of amides is 3. The molecular weight excluding hydrogens is 512 g/mol. The van der Waals surface area contributed by atoms with Crippen LogP contribution < -0.4 is 33.2 Å². The van der Waals surface area contributed by atoms with E-state index in [1.165, 1.54) is 6.92 Å². The lowest BCUT2D eigenvalue weighted by Crippen LogP contribution is -2.57. The summed E-state index contributed by atoms with van der Waals surface area (Å²) < 4.78 is 0. The van der Waals surface area contributed by atoms with Crippen molar-refractivity contribution < 1.29 is 34.2 Å². The fourth-order valence-corrected chi connectivity index (χ4v) is 3.71. The van der Waals surface area contributed by atoms with E-state index in [1.54, 1.807) is 6.20 Å². The number of aromatic amines is 1. The van der Waals surface area contributed by atoms with Gasteiger partial charge in [-0.05, 0) is 37.8 Å². The third kappa shape index (κ3) is 9.62. The van der Waals surface area contributed by atoms with Crippen LogP contribution in [0, 0.1) is 0 Å². The summed E-state index contributed by atoms with van der Waals surface area (Å²) in [5.74, 6) is -5.40. The monoisotopic (exact) mass is 546 g/mol. The molecule has 0 bridgehead atoms. The van der Waals surface area contributed by atoms with Gasteiger partial charge in [-0.15, -0.1) is 0 Å². The second-order valence-electron chi connectivity index (χ2n) is 8.91. The zero-order valence-corrected chi connectivity index (χ0v) is 21.3. The molecule has 0 aliphatic heterocycles. The number of guanidine groups is 1. The molecule has 15 heteroatoms. The number of nitrogens with one attached hydrogen (secondary N) is 4. The minimum atomic E-state index is -1.56. The quantitative estimate of drug-likeness (QED) is 0.0681. The molecule has 0 saturated heterocycles. The van der Waals surface area contributed by atoms with Crippen LogP contribution >= 0.6 is 0 Å². The lowest BCUT2D eigenvalue weighted by atomic mass is 10.0. The van der Waals surface area contributed by atoms with Gasteiger partial charge < -0.3 is 48.3 Å². The summed E-state index contributed by atoms with van der Waals surface area (Å²) in [7, 11) is 0. The highest BCUT2D eigenvalue weighted by atomic mass is 16.4. The van der Waals surface area contributed by atoms with Crippen molar-refractivity contribution >= 4 is 46.5 Å². The van der Waals surface area contributed by atoms with Crippen LogP contribution in [-0.4, -0.2) is 81.5 Å². The Morgan fingerprint density at radius 1 is 0.974 bits per heavy atom. The van der Waals surface area contributed by atoms with Crippen molar-refractivity contribution in [1.29, 1.82) is 0 Å². The summed E-state index contributed by atoms with van der Waals surface area (Å²) >= 11 is 0. The number of aliphatic imine (C=N–C) groups is 1. The number of aromatic nitrogens is 1. The molecule has 0 spiro atoms. The molecule has 0 saturated carbocycles. The Labute approximate surface area is 223 Å². The van der Waals surface area contributed by atoms with Crippen LogP contribution in [0.3, 0.4) is 0 Å². The number of hydrogen-bond acceptors (Lipinski definition) is 7. The average Bonchev–Trinajstić information content (AvgIpc) is 3.27. The van der Waals surface area contributed by atoms with Crippen molar-refractivity contribution in [3.63, 3.8) is 0 Å². The zero-order chi connectivity index (χ0) is 29.1. The van der Waals surface area contributed by atoms with Gasteiger partial charge in [-0.3, -0.25) is 29.0 Å². The fraction of sp³-hybridized carbons (Fsp3) is 0.417. The first-order valence-corrected chi connectivity index (χ1v) is 12.1. The molecule has 212 valence electrons. The van der Waals surface area contributed by atoms with E-state index in [0.29, 0.717) is 0 Å². The number of rotatable bonds is 15. The predicted molar refractivity (Wildman–Crippen MR) is 141 cm³/mol. The van der Waals surface area contributed by atoms with Crippen LogP contribution in [0.1, 0.15) is 31.7 Å². The van der Waals surface area contributed by atoms with Gasteiger partial charge in [0, 0.05) is 23.6 Å². The standard InChI is InChI=1S/C24H34N8O7/c1-12(23(38)39)30-21(36)17(7-4-8-28-24(26)27)31-22(37)18(10-19(33)34)32-20(35)15(25)9-13-11-29-16-6-3-2-5-14(13)16/h2-3,5-6,11-12,15,17-18,29H,4,7-10,25H2,1H3,(H,30,36)(H,31,37)(H,32,35)(H,33,34)(H,38,39)(H4,26,27,28). The predicted octanol–water partition coefficient (Wildman–Crippen LogP) is -1.88. The molecule has 4 unspecified atom stereocenters. The number of carboxylic acid groups (broad SMARTS) is 2. The van der Waals surface area contributed by atoms with Gasteiger partial charge in [0.2, 0.25) is 17.7 Å². The normalized spacial score (nSPS) is 13.9. The number of para-hydroxylation sites is 1. The summed E-state index contributed by atoms with van der Waals surface area (Å²) in [5.41, 5.74) is 18.2. The van der Waals surface area contributed by atoms with Crippen molar-refractivity contribution in [3.8, 4) is 0 Å². The summed E-state index contributed by atoms with van der Waals surface area (Å²) in [6, 6.07) is 2.21. The fourth-order valence-electron chi connectivity index (χ4n) is 3.71. The molecule has 0 radical (unpaired) electrons. The van der Waals surface area contributed by atoms with Crippen molar-refractivity contribution in [1.82, 2.24) is 20.9 Å². The van der Waals surface area contributed by atoms with E-state index >= 15 is 0 Å².